The lowest BCUT2D eigenvalue weighted by Gasteiger charge is -2.27. The van der Waals surface area contributed by atoms with Crippen LogP contribution in [0.3, 0.4) is 0 Å². The van der Waals surface area contributed by atoms with Gasteiger partial charge in [0.05, 0.1) is 23.6 Å². The fourth-order valence-corrected chi connectivity index (χ4v) is 3.18. The standard InChI is InChI=1S/C23H28N4O2/c1-22(2,3)16-9-14(10-17(20(16)28)23(4,5)6)12-26-27-21(29)15-7-8-18-19(11-15)25-13-24-18/h7-13,28H,1-6H3,(H,24,25)(H,27,29)/b26-12+. The number of aromatic amines is 1. The van der Waals surface area contributed by atoms with Gasteiger partial charge in [0.25, 0.3) is 5.91 Å². The minimum absolute atomic E-state index is 0.226. The molecule has 3 N–H and O–H groups in total. The summed E-state index contributed by atoms with van der Waals surface area (Å²) in [6, 6.07) is 9.07. The van der Waals surface area contributed by atoms with Gasteiger partial charge in [0, 0.05) is 16.7 Å². The van der Waals surface area contributed by atoms with Gasteiger partial charge >= 0.3 is 0 Å². The molecule has 0 spiro atoms. The van der Waals surface area contributed by atoms with Crippen molar-refractivity contribution in [2.75, 3.05) is 0 Å². The summed E-state index contributed by atoms with van der Waals surface area (Å²) in [6.45, 7) is 12.3. The van der Waals surface area contributed by atoms with Gasteiger partial charge in [0.1, 0.15) is 5.75 Å². The molecule has 1 amide bonds. The monoisotopic (exact) mass is 392 g/mol. The van der Waals surface area contributed by atoms with Crippen LogP contribution < -0.4 is 5.43 Å². The van der Waals surface area contributed by atoms with Crippen LogP contribution in [0.25, 0.3) is 11.0 Å². The maximum atomic E-state index is 12.4. The van der Waals surface area contributed by atoms with Crippen LogP contribution in [0.15, 0.2) is 41.8 Å². The molecule has 0 saturated carbocycles. The molecule has 0 fully saturated rings. The molecule has 3 rings (SSSR count). The summed E-state index contributed by atoms with van der Waals surface area (Å²) in [5.41, 5.74) is 6.73. The van der Waals surface area contributed by atoms with E-state index in [9.17, 15) is 9.90 Å². The number of carbonyl (C=O) groups is 1. The Morgan fingerprint density at radius 1 is 1.07 bits per heavy atom. The second-order valence-electron chi connectivity index (χ2n) is 9.30. The van der Waals surface area contributed by atoms with E-state index in [0.717, 1.165) is 27.7 Å². The first-order chi connectivity index (χ1) is 13.5. The number of hydrogen-bond acceptors (Lipinski definition) is 4. The number of aromatic hydroxyl groups is 1. The number of benzene rings is 2. The van der Waals surface area contributed by atoms with Crippen LogP contribution in [-0.4, -0.2) is 27.2 Å². The lowest BCUT2D eigenvalue weighted by molar-refractivity contribution is 0.0955. The molecular formula is C23H28N4O2. The maximum Gasteiger partial charge on any atom is 0.271 e. The van der Waals surface area contributed by atoms with Gasteiger partial charge in [-0.2, -0.15) is 5.10 Å². The van der Waals surface area contributed by atoms with Crippen molar-refractivity contribution in [3.63, 3.8) is 0 Å². The molecule has 0 aliphatic heterocycles. The van der Waals surface area contributed by atoms with Crippen molar-refractivity contribution in [1.29, 1.82) is 0 Å². The number of amides is 1. The zero-order valence-corrected chi connectivity index (χ0v) is 17.8. The van der Waals surface area contributed by atoms with Crippen LogP contribution in [0.4, 0.5) is 0 Å². The fourth-order valence-electron chi connectivity index (χ4n) is 3.18. The number of aromatic nitrogens is 2. The third-order valence-electron chi connectivity index (χ3n) is 4.81. The Kier molecular flexibility index (Phi) is 5.22. The quantitative estimate of drug-likeness (QED) is 0.448. The van der Waals surface area contributed by atoms with Crippen LogP contribution in [0.2, 0.25) is 0 Å². The van der Waals surface area contributed by atoms with Gasteiger partial charge in [-0.15, -0.1) is 0 Å². The van der Waals surface area contributed by atoms with Crippen LogP contribution >= 0.6 is 0 Å². The molecule has 6 heteroatoms. The SMILES string of the molecule is CC(C)(C)c1cc(/C=N/NC(=O)c2ccc3nc[nH]c3c2)cc(C(C)(C)C)c1O. The summed E-state index contributed by atoms with van der Waals surface area (Å²) >= 11 is 0. The number of hydrazone groups is 1. The van der Waals surface area contributed by atoms with Gasteiger partial charge in [-0.3, -0.25) is 4.79 Å². The molecule has 6 nitrogen and oxygen atoms in total. The molecule has 3 aromatic rings. The Hall–Kier alpha value is -3.15. The predicted octanol–water partition coefficient (Wildman–Crippen LogP) is 4.63. The normalized spacial score (nSPS) is 12.6. The highest BCUT2D eigenvalue weighted by Crippen LogP contribution is 2.39. The smallest absolute Gasteiger partial charge is 0.271 e. The minimum Gasteiger partial charge on any atom is -0.507 e. The molecule has 0 atom stereocenters. The molecule has 2 aromatic carbocycles. The summed E-state index contributed by atoms with van der Waals surface area (Å²) < 4.78 is 0. The topological polar surface area (TPSA) is 90.4 Å². The van der Waals surface area contributed by atoms with Crippen molar-refractivity contribution >= 4 is 23.2 Å². The average Bonchev–Trinajstić information content (AvgIpc) is 3.08. The number of imidazole rings is 1. The predicted molar refractivity (Wildman–Crippen MR) is 117 cm³/mol. The van der Waals surface area contributed by atoms with Gasteiger partial charge in [-0.25, -0.2) is 10.4 Å². The Labute approximate surface area is 171 Å². The number of hydrogen-bond donors (Lipinski definition) is 3. The molecule has 0 unspecified atom stereocenters. The Morgan fingerprint density at radius 3 is 2.28 bits per heavy atom. The van der Waals surface area contributed by atoms with Crippen molar-refractivity contribution < 1.29 is 9.90 Å². The van der Waals surface area contributed by atoms with Crippen molar-refractivity contribution in [2.45, 2.75) is 52.4 Å². The molecule has 1 heterocycles. The number of nitrogens with zero attached hydrogens (tertiary/aromatic N) is 2. The van der Waals surface area contributed by atoms with Crippen LogP contribution in [0.5, 0.6) is 5.75 Å². The van der Waals surface area contributed by atoms with E-state index < -0.39 is 0 Å². The van der Waals surface area contributed by atoms with Gasteiger partial charge in [-0.1, -0.05) is 41.5 Å². The van der Waals surface area contributed by atoms with Crippen LogP contribution in [-0.2, 0) is 10.8 Å². The van der Waals surface area contributed by atoms with Gasteiger partial charge < -0.3 is 10.1 Å². The molecule has 1 aromatic heterocycles. The number of fused-ring (bicyclic) bond motifs is 1. The second kappa shape index (κ2) is 7.35. The fraction of sp³-hybridized carbons (Fsp3) is 0.348. The first-order valence-corrected chi connectivity index (χ1v) is 9.61. The largest absolute Gasteiger partial charge is 0.507 e. The molecule has 152 valence electrons. The van der Waals surface area contributed by atoms with Crippen molar-refractivity contribution in [2.24, 2.45) is 5.10 Å². The highest BCUT2D eigenvalue weighted by Gasteiger charge is 2.26. The lowest BCUT2D eigenvalue weighted by Crippen LogP contribution is -2.19. The number of phenols is 1. The number of nitrogens with one attached hydrogen (secondary N) is 2. The summed E-state index contributed by atoms with van der Waals surface area (Å²) in [4.78, 5) is 19.5. The van der Waals surface area contributed by atoms with Gasteiger partial charge in [-0.05, 0) is 46.7 Å². The molecule has 0 aliphatic rings. The van der Waals surface area contributed by atoms with Crippen molar-refractivity contribution in [1.82, 2.24) is 15.4 Å². The summed E-state index contributed by atoms with van der Waals surface area (Å²) in [7, 11) is 0. The maximum absolute atomic E-state index is 12.4. The number of phenolic OH excluding ortho intramolecular Hbond substituents is 1. The summed E-state index contributed by atoms with van der Waals surface area (Å²) in [5, 5.41) is 14.9. The molecule has 0 aliphatic carbocycles. The van der Waals surface area contributed by atoms with Crippen LogP contribution in [0.1, 0.15) is 68.6 Å². The average molecular weight is 393 g/mol. The van der Waals surface area contributed by atoms with Crippen molar-refractivity contribution in [3.8, 4) is 5.75 Å². The Morgan fingerprint density at radius 2 is 1.69 bits per heavy atom. The number of rotatable bonds is 3. The summed E-state index contributed by atoms with van der Waals surface area (Å²) in [5.74, 6) is 0.0164. The lowest BCUT2D eigenvalue weighted by atomic mass is 9.78. The first-order valence-electron chi connectivity index (χ1n) is 9.61. The zero-order chi connectivity index (χ0) is 21.4. The van der Waals surface area contributed by atoms with E-state index in [-0.39, 0.29) is 16.7 Å². The van der Waals surface area contributed by atoms with E-state index in [1.165, 1.54) is 0 Å². The number of carbonyl (C=O) groups excluding carboxylic acids is 1. The van der Waals surface area contributed by atoms with E-state index >= 15 is 0 Å². The molecule has 0 saturated heterocycles. The Bertz CT molecular complexity index is 1050. The minimum atomic E-state index is -0.302. The first kappa shape index (κ1) is 20.6. The third-order valence-corrected chi connectivity index (χ3v) is 4.81. The molecule has 29 heavy (non-hydrogen) atoms. The third kappa shape index (κ3) is 4.47. The zero-order valence-electron chi connectivity index (χ0n) is 17.8. The highest BCUT2D eigenvalue weighted by atomic mass is 16.3. The van der Waals surface area contributed by atoms with Crippen molar-refractivity contribution in [3.05, 3.63) is 58.9 Å². The van der Waals surface area contributed by atoms with E-state index in [1.807, 2.05) is 12.1 Å². The van der Waals surface area contributed by atoms with Gasteiger partial charge in [0.2, 0.25) is 0 Å². The van der Waals surface area contributed by atoms with Gasteiger partial charge in [0.15, 0.2) is 0 Å². The number of H-pyrrole nitrogens is 1. The highest BCUT2D eigenvalue weighted by molar-refractivity contribution is 5.97. The molecular weight excluding hydrogens is 364 g/mol. The van der Waals surface area contributed by atoms with Crippen LogP contribution in [0, 0.1) is 0 Å². The summed E-state index contributed by atoms with van der Waals surface area (Å²) in [6.07, 6.45) is 3.20. The van der Waals surface area contributed by atoms with E-state index in [1.54, 1.807) is 30.7 Å². The Balaban J connectivity index is 1.86. The van der Waals surface area contributed by atoms with E-state index in [2.05, 4.69) is 62.0 Å². The second-order valence-corrected chi connectivity index (χ2v) is 9.30. The van der Waals surface area contributed by atoms with E-state index in [0.29, 0.717) is 11.3 Å². The molecule has 0 radical (unpaired) electrons. The molecule has 0 bridgehead atoms. The van der Waals surface area contributed by atoms with E-state index in [4.69, 9.17) is 0 Å².